The first kappa shape index (κ1) is 14.6. The molecule has 0 saturated heterocycles. The average Bonchev–Trinajstić information content (AvgIpc) is 2.54. The van der Waals surface area contributed by atoms with E-state index < -0.39 is 0 Å². The summed E-state index contributed by atoms with van der Waals surface area (Å²) in [6, 6.07) is 8.57. The maximum Gasteiger partial charge on any atom is 0.0485 e. The van der Waals surface area contributed by atoms with Crippen LogP contribution >= 0.6 is 0 Å². The monoisotopic (exact) mass is 271 g/mol. The van der Waals surface area contributed by atoms with Crippen molar-refractivity contribution in [2.45, 2.75) is 45.6 Å². The Morgan fingerprint density at radius 2 is 1.85 bits per heavy atom. The average molecular weight is 271 g/mol. The third-order valence-electron chi connectivity index (χ3n) is 3.65. The van der Waals surface area contributed by atoms with E-state index in [9.17, 15) is 0 Å². The minimum atomic E-state index is -0.00490. The lowest BCUT2D eigenvalue weighted by Crippen LogP contribution is -2.31. The third-order valence-corrected chi connectivity index (χ3v) is 3.65. The van der Waals surface area contributed by atoms with E-state index in [1.165, 1.54) is 16.9 Å². The van der Waals surface area contributed by atoms with E-state index in [0.29, 0.717) is 0 Å². The van der Waals surface area contributed by atoms with Gasteiger partial charge in [-0.15, -0.1) is 0 Å². The zero-order valence-electron chi connectivity index (χ0n) is 13.4. The largest absolute Gasteiger partial charge is 0.347 e. The highest BCUT2D eigenvalue weighted by atomic mass is 15.3. The lowest BCUT2D eigenvalue weighted by Gasteiger charge is -2.23. The highest BCUT2D eigenvalue weighted by Gasteiger charge is 2.37. The van der Waals surface area contributed by atoms with Gasteiger partial charge in [0.1, 0.15) is 0 Å². The molecule has 20 heavy (non-hydrogen) atoms. The van der Waals surface area contributed by atoms with E-state index in [4.69, 9.17) is 0 Å². The minimum Gasteiger partial charge on any atom is -0.347 e. The van der Waals surface area contributed by atoms with Gasteiger partial charge in [0.25, 0.3) is 0 Å². The molecule has 0 saturated carbocycles. The van der Waals surface area contributed by atoms with Crippen LogP contribution in [0.25, 0.3) is 0 Å². The lowest BCUT2D eigenvalue weighted by atomic mass is 9.84. The second-order valence-electron chi connectivity index (χ2n) is 6.89. The van der Waals surface area contributed by atoms with Crippen LogP contribution in [0, 0.1) is 0 Å². The molecule has 1 aromatic rings. The molecule has 0 aromatic heterocycles. The molecule has 0 fully saturated rings. The Morgan fingerprint density at radius 1 is 1.20 bits per heavy atom. The van der Waals surface area contributed by atoms with Gasteiger partial charge >= 0.3 is 0 Å². The summed E-state index contributed by atoms with van der Waals surface area (Å²) >= 11 is 0. The lowest BCUT2D eigenvalue weighted by molar-refractivity contribution is 0.442. The van der Waals surface area contributed by atoms with E-state index >= 15 is 0 Å². The fourth-order valence-electron chi connectivity index (χ4n) is 2.64. The summed E-state index contributed by atoms with van der Waals surface area (Å²) in [7, 11) is 2.12. The molecule has 3 heteroatoms. The highest BCUT2D eigenvalue weighted by Crippen LogP contribution is 2.46. The number of anilines is 1. The molecule has 1 N–H and O–H groups in total. The number of hydrogen-bond acceptors (Lipinski definition) is 3. The van der Waals surface area contributed by atoms with Crippen LogP contribution in [0.4, 0.5) is 5.69 Å². The molecular formula is C17H25N3. The molecule has 0 bridgehead atoms. The van der Waals surface area contributed by atoms with E-state index in [1.807, 2.05) is 6.21 Å². The standard InChI is InChI=1S/C17H25N3/c1-16(2,3)19-18-12-11-15-17(4,5)13-9-7-8-10-14(13)20(15)6/h7-12,19H,1-6H3/b15-11+,18-12-. The number of hydrazone groups is 1. The van der Waals surface area contributed by atoms with Crippen LogP contribution in [0.2, 0.25) is 0 Å². The molecule has 0 spiro atoms. The summed E-state index contributed by atoms with van der Waals surface area (Å²) in [4.78, 5) is 2.25. The van der Waals surface area contributed by atoms with Crippen molar-refractivity contribution in [2.75, 3.05) is 11.9 Å². The Labute approximate surface area is 122 Å². The molecule has 0 unspecified atom stereocenters. The second kappa shape index (κ2) is 4.97. The molecule has 2 rings (SSSR count). The molecule has 108 valence electrons. The van der Waals surface area contributed by atoms with Crippen molar-refractivity contribution in [3.8, 4) is 0 Å². The molecule has 0 radical (unpaired) electrons. The predicted molar refractivity (Wildman–Crippen MR) is 87.3 cm³/mol. The van der Waals surface area contributed by atoms with Crippen LogP contribution in [0.15, 0.2) is 41.1 Å². The van der Waals surface area contributed by atoms with Gasteiger partial charge in [-0.05, 0) is 38.5 Å². The number of rotatable bonds is 2. The van der Waals surface area contributed by atoms with Crippen molar-refractivity contribution in [1.29, 1.82) is 0 Å². The molecule has 0 atom stereocenters. The molecule has 1 aliphatic heterocycles. The molecule has 0 aliphatic carbocycles. The van der Waals surface area contributed by atoms with Gasteiger partial charge in [0.15, 0.2) is 0 Å². The number of likely N-dealkylation sites (N-methyl/N-ethyl adjacent to an activating group) is 1. The van der Waals surface area contributed by atoms with Crippen LogP contribution in [0.1, 0.15) is 40.2 Å². The van der Waals surface area contributed by atoms with E-state index in [1.54, 1.807) is 0 Å². The molecule has 0 amide bonds. The zero-order chi connectivity index (χ0) is 15.0. The van der Waals surface area contributed by atoms with E-state index in [0.717, 1.165) is 0 Å². The van der Waals surface area contributed by atoms with Gasteiger partial charge in [0.2, 0.25) is 0 Å². The maximum atomic E-state index is 4.29. The minimum absolute atomic E-state index is 0.00490. The molecule has 1 aromatic carbocycles. The van der Waals surface area contributed by atoms with Crippen LogP contribution in [0.5, 0.6) is 0 Å². The number of nitrogens with zero attached hydrogens (tertiary/aromatic N) is 2. The SMILES string of the molecule is CN1/C(=C/C=N\NC(C)(C)C)C(C)(C)c2ccccc21. The predicted octanol–water partition coefficient (Wildman–Crippen LogP) is 3.67. The number of benzene rings is 1. The Hall–Kier alpha value is -1.77. The summed E-state index contributed by atoms with van der Waals surface area (Å²) in [5.74, 6) is 0. The molecule has 3 nitrogen and oxygen atoms in total. The van der Waals surface area contributed by atoms with Gasteiger partial charge in [0.05, 0.1) is 0 Å². The Kier molecular flexibility index (Phi) is 3.63. The van der Waals surface area contributed by atoms with Crippen LogP contribution in [-0.2, 0) is 5.41 Å². The van der Waals surface area contributed by atoms with E-state index in [-0.39, 0.29) is 11.0 Å². The third kappa shape index (κ3) is 2.72. The number of hydrogen-bond donors (Lipinski definition) is 1. The fraction of sp³-hybridized carbons (Fsp3) is 0.471. The van der Waals surface area contributed by atoms with E-state index in [2.05, 4.69) is 87.4 Å². The quantitative estimate of drug-likeness (QED) is 0.656. The Morgan fingerprint density at radius 3 is 2.45 bits per heavy atom. The highest BCUT2D eigenvalue weighted by molar-refractivity contribution is 5.79. The van der Waals surface area contributed by atoms with Crippen molar-refractivity contribution in [3.63, 3.8) is 0 Å². The summed E-state index contributed by atoms with van der Waals surface area (Å²) in [5.41, 5.74) is 7.03. The molecule has 1 aliphatic rings. The van der Waals surface area contributed by atoms with Crippen molar-refractivity contribution in [2.24, 2.45) is 5.10 Å². The van der Waals surface area contributed by atoms with Crippen molar-refractivity contribution >= 4 is 11.9 Å². The van der Waals surface area contributed by atoms with Crippen LogP contribution < -0.4 is 10.3 Å². The van der Waals surface area contributed by atoms with Crippen molar-refractivity contribution in [3.05, 3.63) is 41.6 Å². The summed E-state index contributed by atoms with van der Waals surface area (Å²) < 4.78 is 0. The molecule has 1 heterocycles. The number of nitrogens with one attached hydrogen (secondary N) is 1. The first-order valence-electron chi connectivity index (χ1n) is 7.08. The fourth-order valence-corrected chi connectivity index (χ4v) is 2.64. The number of allylic oxidation sites excluding steroid dienone is 2. The van der Waals surface area contributed by atoms with Crippen LogP contribution in [-0.4, -0.2) is 18.8 Å². The van der Waals surface area contributed by atoms with Gasteiger partial charge in [-0.25, -0.2) is 0 Å². The normalized spacial score (nSPS) is 19.7. The number of para-hydroxylation sites is 1. The Bertz CT molecular complexity index is 548. The van der Waals surface area contributed by atoms with Crippen molar-refractivity contribution in [1.82, 2.24) is 5.43 Å². The first-order valence-corrected chi connectivity index (χ1v) is 7.08. The van der Waals surface area contributed by atoms with Gasteiger partial charge < -0.3 is 10.3 Å². The van der Waals surface area contributed by atoms with Crippen LogP contribution in [0.3, 0.4) is 0 Å². The molecular weight excluding hydrogens is 246 g/mol. The summed E-state index contributed by atoms with van der Waals surface area (Å²) in [6.07, 6.45) is 3.95. The first-order chi connectivity index (χ1) is 9.23. The van der Waals surface area contributed by atoms with Crippen molar-refractivity contribution < 1.29 is 0 Å². The number of fused-ring (bicyclic) bond motifs is 1. The second-order valence-corrected chi connectivity index (χ2v) is 6.89. The van der Waals surface area contributed by atoms with Gasteiger partial charge in [-0.3, -0.25) is 0 Å². The summed E-state index contributed by atoms with van der Waals surface area (Å²) in [5, 5.41) is 4.29. The Balaban J connectivity index is 2.26. The maximum absolute atomic E-state index is 4.29. The van der Waals surface area contributed by atoms with Gasteiger partial charge in [-0.2, -0.15) is 5.10 Å². The zero-order valence-corrected chi connectivity index (χ0v) is 13.4. The summed E-state index contributed by atoms with van der Waals surface area (Å²) in [6.45, 7) is 10.8. The van der Waals surface area contributed by atoms with Gasteiger partial charge in [0, 0.05) is 35.6 Å². The topological polar surface area (TPSA) is 27.6 Å². The van der Waals surface area contributed by atoms with Gasteiger partial charge in [-0.1, -0.05) is 32.0 Å². The smallest absolute Gasteiger partial charge is 0.0485 e.